The first kappa shape index (κ1) is 52.5. The molecule has 0 heterocycles. The summed E-state index contributed by atoms with van der Waals surface area (Å²) in [6.45, 7) is 4.50. The lowest BCUT2D eigenvalue weighted by atomic mass is 10.2. The first-order valence-electron chi connectivity index (χ1n) is 13.5. The molecule has 0 aliphatic heterocycles. The molecule has 0 fully saturated rings. The van der Waals surface area contributed by atoms with Gasteiger partial charge in [-0.05, 0) is 6.92 Å². The van der Waals surface area contributed by atoms with Crippen molar-refractivity contribution in [3.05, 3.63) is 12.3 Å². The number of Topliss-reactive ketones (excluding diaryl/α,β-unsaturated/α-hetero) is 4. The highest BCUT2D eigenvalue weighted by molar-refractivity contribution is 5.96. The quantitative estimate of drug-likeness (QED) is 0.0592. The number of ketones is 4. The summed E-state index contributed by atoms with van der Waals surface area (Å²) in [6, 6.07) is 0. The molecule has 0 spiro atoms. The molecule has 0 unspecified atom stereocenters. The van der Waals surface area contributed by atoms with Crippen LogP contribution in [0.1, 0.15) is 90.4 Å². The number of carbonyl (C=O) groups is 12. The average Bonchev–Trinajstić information content (AvgIpc) is 2.92. The maximum atomic E-state index is 10.5. The molecule has 0 aliphatic rings. The largest absolute Gasteiger partial charge is 0.513 e. The molecule has 0 aromatic heterocycles. The predicted octanol–water partition coefficient (Wildman–Crippen LogP) is 1.05. The summed E-state index contributed by atoms with van der Waals surface area (Å²) in [5, 5.41) is 72.9. The molecule has 0 aliphatic carbocycles. The zero-order chi connectivity index (χ0) is 39.7. The van der Waals surface area contributed by atoms with E-state index >= 15 is 0 Å². The van der Waals surface area contributed by atoms with Gasteiger partial charge in [-0.25, -0.2) is 0 Å². The number of carbonyl (C=O) groups excluding carboxylic acids is 4. The monoisotopic (exact) mass is 712 g/mol. The van der Waals surface area contributed by atoms with Crippen LogP contribution >= 0.6 is 0 Å². The van der Waals surface area contributed by atoms with Crippen molar-refractivity contribution in [2.75, 3.05) is 0 Å². The maximum Gasteiger partial charge on any atom is 0.310 e. The van der Waals surface area contributed by atoms with Crippen LogP contribution in [0.4, 0.5) is 0 Å². The number of hydrogen-bond acceptors (Lipinski definition) is 13. The molecule has 0 aromatic rings. The molecule has 0 amide bonds. The standard InChI is InChI=1S/3C6H8O5.2C5H8O3/c3*7-4(3-6(10)11)1-2-5(8)9;2*1-4(6)2-3-5(7)8/h3*1-3H2,(H,8,9)(H,10,11);2-3H2,1H3,(H,7,8);6H,1-3H2,(H,7,8). The van der Waals surface area contributed by atoms with Gasteiger partial charge >= 0.3 is 47.8 Å². The van der Waals surface area contributed by atoms with Gasteiger partial charge in [-0.3, -0.25) is 52.7 Å². The van der Waals surface area contributed by atoms with Gasteiger partial charge in [-0.15, -0.1) is 0 Å². The zero-order valence-electron chi connectivity index (χ0n) is 26.3. The van der Waals surface area contributed by atoms with E-state index in [1.54, 1.807) is 0 Å². The second-order valence-electron chi connectivity index (χ2n) is 9.06. The topological polar surface area (TPSA) is 387 Å². The van der Waals surface area contributed by atoms with Gasteiger partial charge in [0, 0.05) is 32.1 Å². The van der Waals surface area contributed by atoms with Gasteiger partial charge in [-0.2, -0.15) is 0 Å². The molecule has 0 bridgehead atoms. The van der Waals surface area contributed by atoms with Crippen LogP contribution in [0.15, 0.2) is 12.3 Å². The van der Waals surface area contributed by atoms with Crippen molar-refractivity contribution in [3.63, 3.8) is 0 Å². The van der Waals surface area contributed by atoms with Gasteiger partial charge in [0.25, 0.3) is 0 Å². The molecule has 0 rings (SSSR count). The molecule has 49 heavy (non-hydrogen) atoms. The first-order chi connectivity index (χ1) is 22.3. The molecule has 21 heteroatoms. The van der Waals surface area contributed by atoms with Crippen LogP contribution in [0.2, 0.25) is 0 Å². The molecule has 0 radical (unpaired) electrons. The predicted molar refractivity (Wildman–Crippen MR) is 159 cm³/mol. The molecule has 0 saturated heterocycles. The lowest BCUT2D eigenvalue weighted by molar-refractivity contribution is -0.143. The van der Waals surface area contributed by atoms with E-state index in [0.29, 0.717) is 0 Å². The highest BCUT2D eigenvalue weighted by atomic mass is 16.4. The minimum atomic E-state index is -1.22. The number of aliphatic carboxylic acids is 8. The summed E-state index contributed by atoms with van der Waals surface area (Å²) in [5.41, 5.74) is 0. The fourth-order valence-electron chi connectivity index (χ4n) is 2.04. The van der Waals surface area contributed by atoms with Crippen LogP contribution in [-0.2, 0) is 57.5 Å². The number of hydrogen-bond donors (Lipinski definition) is 9. The second-order valence-corrected chi connectivity index (χ2v) is 9.06. The Morgan fingerprint density at radius 2 is 0.531 bits per heavy atom. The van der Waals surface area contributed by atoms with Crippen molar-refractivity contribution < 1.29 is 103 Å². The highest BCUT2D eigenvalue weighted by Gasteiger charge is 2.10. The van der Waals surface area contributed by atoms with E-state index in [2.05, 4.69) is 6.58 Å². The van der Waals surface area contributed by atoms with Crippen molar-refractivity contribution in [1.82, 2.24) is 0 Å². The number of rotatable bonds is 21. The molecular weight excluding hydrogens is 672 g/mol. The molecule has 0 saturated carbocycles. The van der Waals surface area contributed by atoms with Crippen LogP contribution in [0, 0.1) is 0 Å². The Hall–Kier alpha value is -6.02. The zero-order valence-corrected chi connectivity index (χ0v) is 26.3. The van der Waals surface area contributed by atoms with Crippen molar-refractivity contribution in [2.45, 2.75) is 90.4 Å². The summed E-state index contributed by atoms with van der Waals surface area (Å²) in [4.78, 5) is 120. The van der Waals surface area contributed by atoms with Crippen LogP contribution in [0.5, 0.6) is 0 Å². The third kappa shape index (κ3) is 69.9. The van der Waals surface area contributed by atoms with E-state index in [0.717, 1.165) is 0 Å². The minimum Gasteiger partial charge on any atom is -0.513 e. The van der Waals surface area contributed by atoms with Gasteiger partial charge in [0.1, 0.15) is 42.4 Å². The van der Waals surface area contributed by atoms with Gasteiger partial charge in [0.2, 0.25) is 0 Å². The summed E-state index contributed by atoms with van der Waals surface area (Å²) in [5.74, 6) is -10.6. The van der Waals surface area contributed by atoms with Gasteiger partial charge < -0.3 is 50.8 Å². The summed E-state index contributed by atoms with van der Waals surface area (Å²) in [6.07, 6.45) is -3.08. The second kappa shape index (κ2) is 33.3. The Balaban J connectivity index is -0.000000166. The minimum absolute atomic E-state index is 0.0463. The van der Waals surface area contributed by atoms with E-state index in [4.69, 9.17) is 46.0 Å². The summed E-state index contributed by atoms with van der Waals surface area (Å²) >= 11 is 0. The number of carboxylic acids is 8. The van der Waals surface area contributed by atoms with E-state index < -0.39 is 84.4 Å². The summed E-state index contributed by atoms with van der Waals surface area (Å²) < 4.78 is 0. The highest BCUT2D eigenvalue weighted by Crippen LogP contribution is 1.97. The Morgan fingerprint density at radius 3 is 0.653 bits per heavy atom. The number of aliphatic hydroxyl groups is 1. The number of allylic oxidation sites excluding steroid dienone is 1. The molecule has 0 aromatic carbocycles. The van der Waals surface area contributed by atoms with Crippen LogP contribution < -0.4 is 0 Å². The Kier molecular flexibility index (Phi) is 35.7. The number of carboxylic acid groups (broad SMARTS) is 8. The fraction of sp³-hybridized carbons (Fsp3) is 0.500. The smallest absolute Gasteiger partial charge is 0.310 e. The van der Waals surface area contributed by atoms with E-state index in [1.165, 1.54) is 6.92 Å². The van der Waals surface area contributed by atoms with Crippen LogP contribution in [0.3, 0.4) is 0 Å². The maximum absolute atomic E-state index is 10.5. The van der Waals surface area contributed by atoms with Crippen molar-refractivity contribution >= 4 is 70.9 Å². The Labute approximate surface area is 277 Å². The third-order valence-electron chi connectivity index (χ3n) is 4.22. The van der Waals surface area contributed by atoms with Crippen molar-refractivity contribution in [1.29, 1.82) is 0 Å². The van der Waals surface area contributed by atoms with Crippen molar-refractivity contribution in [2.24, 2.45) is 0 Å². The average molecular weight is 713 g/mol. The Bertz CT molecular complexity index is 1020. The fourth-order valence-corrected chi connectivity index (χ4v) is 2.04. The SMILES string of the molecule is C=C(O)CCC(=O)O.CC(=O)CCC(=O)O.O=C(O)CCC(=O)CC(=O)O.O=C(O)CCC(=O)CC(=O)O.O=C(O)CCC(=O)CC(=O)O. The van der Waals surface area contributed by atoms with E-state index in [9.17, 15) is 57.5 Å². The van der Waals surface area contributed by atoms with Gasteiger partial charge in [0.15, 0.2) is 0 Å². The summed E-state index contributed by atoms with van der Waals surface area (Å²) in [7, 11) is 0. The molecule has 278 valence electrons. The lowest BCUT2D eigenvalue weighted by Crippen LogP contribution is -2.08. The van der Waals surface area contributed by atoms with Crippen molar-refractivity contribution in [3.8, 4) is 0 Å². The van der Waals surface area contributed by atoms with E-state index in [1.807, 2.05) is 0 Å². The van der Waals surface area contributed by atoms with Crippen LogP contribution in [-0.4, -0.2) is 117 Å². The molecule has 21 nitrogen and oxygen atoms in total. The molecular formula is C28H40O21. The third-order valence-corrected chi connectivity index (χ3v) is 4.22. The first-order valence-corrected chi connectivity index (χ1v) is 13.5. The van der Waals surface area contributed by atoms with Gasteiger partial charge in [-0.1, -0.05) is 6.58 Å². The molecule has 9 N–H and O–H groups in total. The van der Waals surface area contributed by atoms with Crippen LogP contribution in [0.25, 0.3) is 0 Å². The lowest BCUT2D eigenvalue weighted by Gasteiger charge is -1.92. The Morgan fingerprint density at radius 1 is 0.327 bits per heavy atom. The van der Waals surface area contributed by atoms with Gasteiger partial charge in [0.05, 0.1) is 37.9 Å². The normalized spacial score (nSPS) is 8.92. The number of aliphatic hydroxyl groups excluding tert-OH is 1. The van der Waals surface area contributed by atoms with E-state index in [-0.39, 0.29) is 75.8 Å². The molecule has 0 atom stereocenters.